The number of aliphatic hydroxyl groups is 1. The van der Waals surface area contributed by atoms with E-state index in [9.17, 15) is 9.90 Å². The third-order valence-electron chi connectivity index (χ3n) is 7.46. The largest absolute Gasteiger partial charge is 0.391 e. The zero-order chi connectivity index (χ0) is 22.0. The van der Waals surface area contributed by atoms with Crippen molar-refractivity contribution in [3.8, 4) is 0 Å². The van der Waals surface area contributed by atoms with E-state index < -0.39 is 6.10 Å². The van der Waals surface area contributed by atoms with E-state index in [1.807, 2.05) is 18.2 Å². The van der Waals surface area contributed by atoms with Gasteiger partial charge in [-0.05, 0) is 62.3 Å². The molecule has 2 fully saturated rings. The molecule has 0 radical (unpaired) electrons. The first kappa shape index (κ1) is 22.9. The van der Waals surface area contributed by atoms with Crippen molar-refractivity contribution in [2.24, 2.45) is 5.92 Å². The van der Waals surface area contributed by atoms with Gasteiger partial charge in [-0.1, -0.05) is 55.3 Å². The van der Waals surface area contributed by atoms with Crippen molar-refractivity contribution in [3.05, 3.63) is 45.1 Å². The van der Waals surface area contributed by atoms with Gasteiger partial charge in [0.15, 0.2) is 0 Å². The first-order valence-corrected chi connectivity index (χ1v) is 12.6. The Bertz CT molecular complexity index is 835. The number of halogens is 2. The Labute approximate surface area is 196 Å². The second-order valence-electron chi connectivity index (χ2n) is 9.54. The van der Waals surface area contributed by atoms with Crippen LogP contribution < -0.4 is 5.32 Å². The zero-order valence-corrected chi connectivity index (χ0v) is 19.9. The van der Waals surface area contributed by atoms with E-state index in [1.54, 1.807) is 0 Å². The standard InChI is InChI=1S/C25H34Cl2N2O2/c1-16-19(25(31)28-22-9-5-6-10-24(22)30)14-23(20-13-18(26)11-12-21(20)27)29(16)15-17-7-3-2-4-8-17/h11-13,17,22-24,30H,2-10,14-15H2,1H3,(H,28,31)/t22-,23?,24-/m1/s1. The summed E-state index contributed by atoms with van der Waals surface area (Å²) in [5, 5.41) is 14.8. The lowest BCUT2D eigenvalue weighted by molar-refractivity contribution is -0.119. The quantitative estimate of drug-likeness (QED) is 0.560. The van der Waals surface area contributed by atoms with Crippen molar-refractivity contribution < 1.29 is 9.90 Å². The molecule has 3 aliphatic rings. The zero-order valence-electron chi connectivity index (χ0n) is 18.4. The third kappa shape index (κ3) is 5.23. The summed E-state index contributed by atoms with van der Waals surface area (Å²) in [6.07, 6.45) is 10.2. The van der Waals surface area contributed by atoms with E-state index in [4.69, 9.17) is 23.2 Å². The Morgan fingerprint density at radius 3 is 2.55 bits per heavy atom. The number of benzene rings is 1. The maximum atomic E-state index is 13.3. The number of amides is 1. The maximum absolute atomic E-state index is 13.3. The number of nitrogens with zero attached hydrogens (tertiary/aromatic N) is 1. The van der Waals surface area contributed by atoms with Crippen LogP contribution >= 0.6 is 23.2 Å². The summed E-state index contributed by atoms with van der Waals surface area (Å²) in [5.74, 6) is 0.601. The molecule has 0 spiro atoms. The first-order valence-electron chi connectivity index (χ1n) is 11.8. The summed E-state index contributed by atoms with van der Waals surface area (Å²) in [6.45, 7) is 3.01. The first-order chi connectivity index (χ1) is 14.9. The van der Waals surface area contributed by atoms with Crippen LogP contribution in [0.2, 0.25) is 10.0 Å². The molecule has 4 nitrogen and oxygen atoms in total. The molecule has 0 aromatic heterocycles. The Hall–Kier alpha value is -1.23. The molecule has 2 saturated carbocycles. The second kappa shape index (κ2) is 10.1. The van der Waals surface area contributed by atoms with Gasteiger partial charge in [0.25, 0.3) is 0 Å². The van der Waals surface area contributed by atoms with Crippen LogP contribution in [0.3, 0.4) is 0 Å². The number of carbonyl (C=O) groups is 1. The molecule has 2 N–H and O–H groups in total. The van der Waals surface area contributed by atoms with Crippen LogP contribution in [-0.2, 0) is 4.79 Å². The molecule has 31 heavy (non-hydrogen) atoms. The fraction of sp³-hybridized carbons (Fsp3) is 0.640. The van der Waals surface area contributed by atoms with E-state index >= 15 is 0 Å². The molecular formula is C25H34Cl2N2O2. The van der Waals surface area contributed by atoms with E-state index in [0.29, 0.717) is 22.4 Å². The molecule has 3 atom stereocenters. The van der Waals surface area contributed by atoms with E-state index in [-0.39, 0.29) is 18.0 Å². The summed E-state index contributed by atoms with van der Waals surface area (Å²) < 4.78 is 0. The highest BCUT2D eigenvalue weighted by Crippen LogP contribution is 2.43. The average molecular weight is 465 g/mol. The summed E-state index contributed by atoms with van der Waals surface area (Å²) in [7, 11) is 0. The average Bonchev–Trinajstić information content (AvgIpc) is 3.08. The molecule has 1 heterocycles. The van der Waals surface area contributed by atoms with E-state index in [2.05, 4.69) is 17.1 Å². The van der Waals surface area contributed by atoms with Gasteiger partial charge >= 0.3 is 0 Å². The van der Waals surface area contributed by atoms with Crippen LogP contribution in [0.25, 0.3) is 0 Å². The normalized spacial score (nSPS) is 27.6. The second-order valence-corrected chi connectivity index (χ2v) is 10.4. The summed E-state index contributed by atoms with van der Waals surface area (Å²) in [6, 6.07) is 5.48. The molecule has 1 aromatic carbocycles. The third-order valence-corrected chi connectivity index (χ3v) is 8.04. The highest BCUT2D eigenvalue weighted by Gasteiger charge is 2.37. The Morgan fingerprint density at radius 1 is 1.10 bits per heavy atom. The minimum atomic E-state index is -0.448. The number of allylic oxidation sites excluding steroid dienone is 1. The van der Waals surface area contributed by atoms with Gasteiger partial charge in [-0.25, -0.2) is 0 Å². The van der Waals surface area contributed by atoms with Crippen molar-refractivity contribution in [2.45, 2.75) is 89.3 Å². The highest BCUT2D eigenvalue weighted by atomic mass is 35.5. The van der Waals surface area contributed by atoms with Crippen molar-refractivity contribution in [2.75, 3.05) is 6.54 Å². The molecule has 1 unspecified atom stereocenters. The summed E-state index contributed by atoms with van der Waals surface area (Å²) in [5.41, 5.74) is 2.84. The number of rotatable bonds is 5. The molecule has 1 aliphatic heterocycles. The molecule has 0 bridgehead atoms. The molecular weight excluding hydrogens is 431 g/mol. The fourth-order valence-electron chi connectivity index (χ4n) is 5.61. The van der Waals surface area contributed by atoms with Crippen LogP contribution in [0, 0.1) is 5.92 Å². The lowest BCUT2D eigenvalue weighted by Crippen LogP contribution is -2.45. The molecule has 1 aromatic rings. The molecule has 2 aliphatic carbocycles. The maximum Gasteiger partial charge on any atom is 0.249 e. The van der Waals surface area contributed by atoms with Crippen LogP contribution in [0.15, 0.2) is 29.5 Å². The predicted molar refractivity (Wildman–Crippen MR) is 126 cm³/mol. The Kier molecular flexibility index (Phi) is 7.51. The van der Waals surface area contributed by atoms with Crippen LogP contribution in [0.1, 0.15) is 82.7 Å². The Balaban J connectivity index is 1.58. The number of nitrogens with one attached hydrogen (secondary N) is 1. The van der Waals surface area contributed by atoms with Crippen molar-refractivity contribution in [1.29, 1.82) is 0 Å². The molecule has 4 rings (SSSR count). The van der Waals surface area contributed by atoms with Crippen LogP contribution in [0.4, 0.5) is 0 Å². The lowest BCUT2D eigenvalue weighted by atomic mass is 9.88. The molecule has 6 heteroatoms. The summed E-state index contributed by atoms with van der Waals surface area (Å²) in [4.78, 5) is 15.7. The van der Waals surface area contributed by atoms with Gasteiger partial charge in [-0.3, -0.25) is 4.79 Å². The van der Waals surface area contributed by atoms with E-state index in [1.165, 1.54) is 32.1 Å². The van der Waals surface area contributed by atoms with Gasteiger partial charge in [0.1, 0.15) is 0 Å². The molecule has 0 saturated heterocycles. The smallest absolute Gasteiger partial charge is 0.249 e. The van der Waals surface area contributed by atoms with Crippen molar-refractivity contribution in [3.63, 3.8) is 0 Å². The van der Waals surface area contributed by atoms with Crippen molar-refractivity contribution >= 4 is 29.1 Å². The molecule has 1 amide bonds. The van der Waals surface area contributed by atoms with Crippen molar-refractivity contribution in [1.82, 2.24) is 10.2 Å². The number of carbonyl (C=O) groups excluding carboxylic acids is 1. The van der Waals surface area contributed by atoms with Crippen LogP contribution in [-0.4, -0.2) is 34.6 Å². The molecule has 170 valence electrons. The van der Waals surface area contributed by atoms with Crippen LogP contribution in [0.5, 0.6) is 0 Å². The van der Waals surface area contributed by atoms with Gasteiger partial charge < -0.3 is 15.3 Å². The highest BCUT2D eigenvalue weighted by molar-refractivity contribution is 6.33. The number of hydrogen-bond acceptors (Lipinski definition) is 3. The SMILES string of the molecule is CC1=C(C(=O)N[C@@H]2CCCC[C@H]2O)CC(c2cc(Cl)ccc2Cl)N1CC1CCCCC1. The fourth-order valence-corrected chi connectivity index (χ4v) is 6.03. The predicted octanol–water partition coefficient (Wildman–Crippen LogP) is 6.01. The monoisotopic (exact) mass is 464 g/mol. The minimum Gasteiger partial charge on any atom is -0.391 e. The number of hydrogen-bond donors (Lipinski definition) is 2. The Morgan fingerprint density at radius 2 is 1.81 bits per heavy atom. The van der Waals surface area contributed by atoms with Gasteiger partial charge in [0.05, 0.1) is 18.2 Å². The van der Waals surface area contributed by atoms with Gasteiger partial charge in [-0.15, -0.1) is 0 Å². The van der Waals surface area contributed by atoms with Gasteiger partial charge in [0, 0.05) is 34.3 Å². The van der Waals surface area contributed by atoms with Gasteiger partial charge in [0.2, 0.25) is 5.91 Å². The lowest BCUT2D eigenvalue weighted by Gasteiger charge is -2.34. The van der Waals surface area contributed by atoms with E-state index in [0.717, 1.165) is 49.1 Å². The number of aliphatic hydroxyl groups excluding tert-OH is 1. The summed E-state index contributed by atoms with van der Waals surface area (Å²) >= 11 is 12.9. The topological polar surface area (TPSA) is 52.6 Å². The van der Waals surface area contributed by atoms with Gasteiger partial charge in [-0.2, -0.15) is 0 Å². The minimum absolute atomic E-state index is 0.0187.